The summed E-state index contributed by atoms with van der Waals surface area (Å²) in [5, 5.41) is 3.19. The lowest BCUT2D eigenvalue weighted by Crippen LogP contribution is -2.40. The second kappa shape index (κ2) is 6.50. The number of nitrogens with zero attached hydrogens (tertiary/aromatic N) is 2. The van der Waals surface area contributed by atoms with E-state index in [1.54, 1.807) is 5.51 Å². The molecule has 6 heteroatoms. The largest absolute Gasteiger partial charge is 0.350 e. The van der Waals surface area contributed by atoms with Crippen LogP contribution < -0.4 is 5.32 Å². The zero-order valence-electron chi connectivity index (χ0n) is 10.5. The van der Waals surface area contributed by atoms with E-state index in [4.69, 9.17) is 11.6 Å². The van der Waals surface area contributed by atoms with Crippen LogP contribution in [0.1, 0.15) is 29.4 Å². The SMILES string of the molecule is C[C@H]1CCCN(CCNC(=O)c2scnc2Cl)C1. The van der Waals surface area contributed by atoms with Gasteiger partial charge in [-0.25, -0.2) is 4.98 Å². The third kappa shape index (κ3) is 3.67. The van der Waals surface area contributed by atoms with E-state index in [2.05, 4.69) is 22.1 Å². The zero-order chi connectivity index (χ0) is 13.0. The van der Waals surface area contributed by atoms with Crippen molar-refractivity contribution in [3.05, 3.63) is 15.5 Å². The van der Waals surface area contributed by atoms with Gasteiger partial charge >= 0.3 is 0 Å². The summed E-state index contributed by atoms with van der Waals surface area (Å²) in [4.78, 5) is 18.6. The standard InChI is InChI=1S/C12H18ClN3OS/c1-9-3-2-5-16(7-9)6-4-14-12(17)10-11(13)15-8-18-10/h8-9H,2-7H2,1H3,(H,14,17)/t9-/m0/s1. The first-order valence-electron chi connectivity index (χ1n) is 6.26. The fraction of sp³-hybridized carbons (Fsp3) is 0.667. The number of halogens is 1. The predicted octanol–water partition coefficient (Wildman–Crippen LogP) is 2.26. The van der Waals surface area contributed by atoms with E-state index >= 15 is 0 Å². The lowest BCUT2D eigenvalue weighted by molar-refractivity contribution is 0.0948. The summed E-state index contributed by atoms with van der Waals surface area (Å²) in [6, 6.07) is 0. The van der Waals surface area contributed by atoms with Crippen LogP contribution in [0.3, 0.4) is 0 Å². The monoisotopic (exact) mass is 287 g/mol. The number of thiazole rings is 1. The highest BCUT2D eigenvalue weighted by atomic mass is 35.5. The molecule has 0 bridgehead atoms. The minimum atomic E-state index is -0.118. The van der Waals surface area contributed by atoms with Gasteiger partial charge in [0.15, 0.2) is 5.15 Å². The summed E-state index contributed by atoms with van der Waals surface area (Å²) in [6.07, 6.45) is 2.58. The maximum Gasteiger partial charge on any atom is 0.264 e. The molecule has 0 spiro atoms. The Kier molecular flexibility index (Phi) is 4.97. The van der Waals surface area contributed by atoms with Crippen LogP contribution in [0.5, 0.6) is 0 Å². The molecule has 1 aromatic rings. The Labute approximate surface area is 116 Å². The molecule has 0 aliphatic carbocycles. The summed E-state index contributed by atoms with van der Waals surface area (Å²) in [5.41, 5.74) is 1.59. The molecule has 0 saturated carbocycles. The smallest absolute Gasteiger partial charge is 0.264 e. The molecule has 2 heterocycles. The first-order chi connectivity index (χ1) is 8.66. The van der Waals surface area contributed by atoms with Crippen LogP contribution in [0.15, 0.2) is 5.51 Å². The second-order valence-electron chi connectivity index (χ2n) is 4.78. The van der Waals surface area contributed by atoms with Crippen molar-refractivity contribution < 1.29 is 4.79 Å². The molecule has 1 aliphatic rings. The minimum Gasteiger partial charge on any atom is -0.350 e. The molecule has 0 aromatic carbocycles. The molecule has 4 nitrogen and oxygen atoms in total. The van der Waals surface area contributed by atoms with Crippen molar-refractivity contribution in [2.24, 2.45) is 5.92 Å². The third-order valence-corrected chi connectivity index (χ3v) is 4.41. The van der Waals surface area contributed by atoms with Gasteiger partial charge in [0.2, 0.25) is 0 Å². The van der Waals surface area contributed by atoms with E-state index < -0.39 is 0 Å². The molecule has 1 amide bonds. The maximum atomic E-state index is 11.8. The summed E-state index contributed by atoms with van der Waals surface area (Å²) in [7, 11) is 0. The number of aromatic nitrogens is 1. The fourth-order valence-electron chi connectivity index (χ4n) is 2.28. The molecule has 1 aliphatic heterocycles. The van der Waals surface area contributed by atoms with Crippen molar-refractivity contribution in [2.45, 2.75) is 19.8 Å². The van der Waals surface area contributed by atoms with Crippen LogP contribution >= 0.6 is 22.9 Å². The number of amides is 1. The van der Waals surface area contributed by atoms with Crippen LogP contribution in [-0.4, -0.2) is 42.0 Å². The van der Waals surface area contributed by atoms with E-state index in [9.17, 15) is 4.79 Å². The number of nitrogens with one attached hydrogen (secondary N) is 1. The summed E-state index contributed by atoms with van der Waals surface area (Å²) in [5.74, 6) is 0.651. The highest BCUT2D eigenvalue weighted by molar-refractivity contribution is 7.12. The molecule has 1 fully saturated rings. The van der Waals surface area contributed by atoms with Crippen molar-refractivity contribution >= 4 is 28.8 Å². The number of hydrogen-bond donors (Lipinski definition) is 1. The van der Waals surface area contributed by atoms with Crippen LogP contribution in [0.4, 0.5) is 0 Å². The third-order valence-electron chi connectivity index (χ3n) is 3.18. The Hall–Kier alpha value is -0.650. The van der Waals surface area contributed by atoms with Gasteiger partial charge in [-0.3, -0.25) is 4.79 Å². The molecule has 0 radical (unpaired) electrons. The van der Waals surface area contributed by atoms with Gasteiger partial charge in [0, 0.05) is 19.6 Å². The average Bonchev–Trinajstić information content (AvgIpc) is 2.75. The zero-order valence-corrected chi connectivity index (χ0v) is 12.1. The number of carbonyl (C=O) groups is 1. The highest BCUT2D eigenvalue weighted by Crippen LogP contribution is 2.18. The molecule has 1 saturated heterocycles. The van der Waals surface area contributed by atoms with Gasteiger partial charge in [0.25, 0.3) is 5.91 Å². The van der Waals surface area contributed by atoms with Crippen molar-refractivity contribution in [2.75, 3.05) is 26.2 Å². The normalized spacial score (nSPS) is 20.9. The maximum absolute atomic E-state index is 11.8. The van der Waals surface area contributed by atoms with Gasteiger partial charge in [-0.1, -0.05) is 18.5 Å². The Balaban J connectivity index is 1.72. The van der Waals surface area contributed by atoms with E-state index in [-0.39, 0.29) is 5.91 Å². The quantitative estimate of drug-likeness (QED) is 0.924. The fourth-order valence-corrected chi connectivity index (χ4v) is 3.20. The summed E-state index contributed by atoms with van der Waals surface area (Å²) >= 11 is 7.08. The summed E-state index contributed by atoms with van der Waals surface area (Å²) < 4.78 is 0. The summed E-state index contributed by atoms with van der Waals surface area (Å²) in [6.45, 7) is 6.13. The van der Waals surface area contributed by atoms with Gasteiger partial charge < -0.3 is 10.2 Å². The molecular formula is C12H18ClN3OS. The van der Waals surface area contributed by atoms with Gasteiger partial charge in [0.1, 0.15) is 4.88 Å². The topological polar surface area (TPSA) is 45.2 Å². The van der Waals surface area contributed by atoms with Crippen molar-refractivity contribution in [3.8, 4) is 0 Å². The van der Waals surface area contributed by atoms with Crippen molar-refractivity contribution in [3.63, 3.8) is 0 Å². The first kappa shape index (κ1) is 13.8. The number of carbonyl (C=O) groups excluding carboxylic acids is 1. The Morgan fingerprint density at radius 3 is 3.22 bits per heavy atom. The van der Waals surface area contributed by atoms with Crippen LogP contribution in [0.2, 0.25) is 5.15 Å². The van der Waals surface area contributed by atoms with E-state index in [0.717, 1.165) is 25.6 Å². The molecule has 18 heavy (non-hydrogen) atoms. The number of likely N-dealkylation sites (tertiary alicyclic amines) is 1. The number of rotatable bonds is 4. The van der Waals surface area contributed by atoms with Crippen LogP contribution in [-0.2, 0) is 0 Å². The Bertz CT molecular complexity index is 410. The lowest BCUT2D eigenvalue weighted by atomic mass is 10.0. The molecule has 1 N–H and O–H groups in total. The predicted molar refractivity (Wildman–Crippen MR) is 74.3 cm³/mol. The first-order valence-corrected chi connectivity index (χ1v) is 7.52. The lowest BCUT2D eigenvalue weighted by Gasteiger charge is -2.30. The molecule has 2 rings (SSSR count). The van der Waals surface area contributed by atoms with E-state index in [1.807, 2.05) is 0 Å². The number of hydrogen-bond acceptors (Lipinski definition) is 4. The molecule has 1 atom stereocenters. The van der Waals surface area contributed by atoms with Gasteiger partial charge in [-0.2, -0.15) is 0 Å². The number of piperidine rings is 1. The molecule has 0 unspecified atom stereocenters. The van der Waals surface area contributed by atoms with Crippen LogP contribution in [0, 0.1) is 5.92 Å². The van der Waals surface area contributed by atoms with Crippen molar-refractivity contribution in [1.82, 2.24) is 15.2 Å². The van der Waals surface area contributed by atoms with Gasteiger partial charge in [-0.05, 0) is 25.3 Å². The second-order valence-corrected chi connectivity index (χ2v) is 5.99. The van der Waals surface area contributed by atoms with Crippen molar-refractivity contribution in [1.29, 1.82) is 0 Å². The van der Waals surface area contributed by atoms with E-state index in [1.165, 1.54) is 24.2 Å². The molecule has 1 aromatic heterocycles. The highest BCUT2D eigenvalue weighted by Gasteiger charge is 2.17. The minimum absolute atomic E-state index is 0.118. The Morgan fingerprint density at radius 1 is 1.72 bits per heavy atom. The van der Waals surface area contributed by atoms with E-state index in [0.29, 0.717) is 16.6 Å². The van der Waals surface area contributed by atoms with Crippen LogP contribution in [0.25, 0.3) is 0 Å². The Morgan fingerprint density at radius 2 is 2.56 bits per heavy atom. The van der Waals surface area contributed by atoms with Gasteiger partial charge in [0.05, 0.1) is 5.51 Å². The molecule has 100 valence electrons. The van der Waals surface area contributed by atoms with Gasteiger partial charge in [-0.15, -0.1) is 11.3 Å². The average molecular weight is 288 g/mol. The molecular weight excluding hydrogens is 270 g/mol.